The van der Waals surface area contributed by atoms with Crippen LogP contribution in [0.3, 0.4) is 0 Å². The van der Waals surface area contributed by atoms with Crippen molar-refractivity contribution >= 4 is 5.97 Å². The van der Waals surface area contributed by atoms with Gasteiger partial charge in [-0.2, -0.15) is 0 Å². The van der Waals surface area contributed by atoms with Crippen molar-refractivity contribution in [3.63, 3.8) is 0 Å². The summed E-state index contributed by atoms with van der Waals surface area (Å²) >= 11 is 0. The molecule has 1 aliphatic carbocycles. The van der Waals surface area contributed by atoms with Crippen molar-refractivity contribution in [2.24, 2.45) is 5.92 Å². The number of hydrogen-bond donors (Lipinski definition) is 1. The van der Waals surface area contributed by atoms with E-state index >= 15 is 0 Å². The molecule has 3 aliphatic rings. The Morgan fingerprint density at radius 2 is 1.97 bits per heavy atom. The molecule has 5 nitrogen and oxygen atoms in total. The van der Waals surface area contributed by atoms with Gasteiger partial charge in [-0.25, -0.2) is 0 Å². The van der Waals surface area contributed by atoms with Gasteiger partial charge in [-0.15, -0.1) is 0 Å². The molecule has 0 saturated carbocycles. The van der Waals surface area contributed by atoms with Crippen LogP contribution >= 0.6 is 0 Å². The van der Waals surface area contributed by atoms with Gasteiger partial charge >= 0.3 is 5.97 Å². The summed E-state index contributed by atoms with van der Waals surface area (Å²) in [6.45, 7) is 11.8. The lowest BCUT2D eigenvalue weighted by Gasteiger charge is -2.46. The Hall–Kier alpha value is -1.95. The second-order valence-corrected chi connectivity index (χ2v) is 9.72. The van der Waals surface area contributed by atoms with Crippen molar-refractivity contribution < 1.29 is 24.1 Å². The third-order valence-corrected chi connectivity index (χ3v) is 6.34. The first-order valence-electron chi connectivity index (χ1n) is 11.6. The van der Waals surface area contributed by atoms with Crippen LogP contribution in [0.1, 0.15) is 67.2 Å². The summed E-state index contributed by atoms with van der Waals surface area (Å²) in [5.74, 6) is -1.33. The molecule has 32 heavy (non-hydrogen) atoms. The zero-order valence-electron chi connectivity index (χ0n) is 20.3. The third kappa shape index (κ3) is 6.09. The van der Waals surface area contributed by atoms with Crippen molar-refractivity contribution in [2.45, 2.75) is 91.3 Å². The molecule has 5 atom stereocenters. The molecule has 0 unspecified atom stereocenters. The van der Waals surface area contributed by atoms with Gasteiger partial charge in [0.15, 0.2) is 0 Å². The highest BCUT2D eigenvalue weighted by Crippen LogP contribution is 2.43. The number of aliphatic hydroxyl groups is 1. The number of carbonyl (C=O) groups excluding carboxylic acids is 1. The summed E-state index contributed by atoms with van der Waals surface area (Å²) in [4.78, 5) is 11.5. The summed E-state index contributed by atoms with van der Waals surface area (Å²) in [7, 11) is 0. The minimum Gasteiger partial charge on any atom is -0.458 e. The number of hydrogen-bond acceptors (Lipinski definition) is 5. The number of fused-ring (bicyclic) bond motifs is 1. The molecule has 5 heteroatoms. The van der Waals surface area contributed by atoms with E-state index in [4.69, 9.17) is 14.2 Å². The lowest BCUT2D eigenvalue weighted by molar-refractivity contribution is -0.227. The van der Waals surface area contributed by atoms with E-state index in [-0.39, 0.29) is 36.8 Å². The average Bonchev–Trinajstić information content (AvgIpc) is 2.67. The van der Waals surface area contributed by atoms with Crippen molar-refractivity contribution in [1.29, 1.82) is 0 Å². The Kier molecular flexibility index (Phi) is 7.97. The Balaban J connectivity index is 1.82. The molecule has 1 N–H and O–H groups in total. The van der Waals surface area contributed by atoms with Crippen LogP contribution in [0.5, 0.6) is 0 Å². The molecule has 0 aromatic rings. The fraction of sp³-hybridized carbons (Fsp3) is 0.593. The molecule has 0 fully saturated rings. The maximum atomic E-state index is 11.5. The highest BCUT2D eigenvalue weighted by Gasteiger charge is 2.46. The van der Waals surface area contributed by atoms with Gasteiger partial charge in [-0.05, 0) is 83.6 Å². The molecule has 1 spiro atoms. The number of esters is 1. The predicted octanol–water partition coefficient (Wildman–Crippen LogP) is 5.33. The second-order valence-electron chi connectivity index (χ2n) is 9.72. The average molecular weight is 443 g/mol. The van der Waals surface area contributed by atoms with Crippen LogP contribution in [0, 0.1) is 5.92 Å². The number of rotatable bonds is 6. The van der Waals surface area contributed by atoms with Crippen molar-refractivity contribution in [1.82, 2.24) is 0 Å². The van der Waals surface area contributed by atoms with Gasteiger partial charge in [-0.3, -0.25) is 4.79 Å². The fourth-order valence-corrected chi connectivity index (χ4v) is 4.88. The molecule has 0 radical (unpaired) electrons. The highest BCUT2D eigenvalue weighted by atomic mass is 16.7. The van der Waals surface area contributed by atoms with Crippen LogP contribution in [0.15, 0.2) is 58.2 Å². The largest absolute Gasteiger partial charge is 0.458 e. The molecule has 0 aromatic carbocycles. The maximum Gasteiger partial charge on any atom is 0.303 e. The Morgan fingerprint density at radius 1 is 1.22 bits per heavy atom. The first kappa shape index (κ1) is 24.7. The molecule has 176 valence electrons. The minimum absolute atomic E-state index is 0.0438. The van der Waals surface area contributed by atoms with Gasteiger partial charge < -0.3 is 19.3 Å². The fourth-order valence-electron chi connectivity index (χ4n) is 4.88. The standard InChI is InChI=1S/C27H38O5/c1-17(2)8-7-9-18(3)10-23-11-19(4)14-27(31-23)15-22(16-28)24-13-25(30-21(6)29)20(5)12-26(24)32-27/h8,10,12,14-15,23-26,28H,7,9,11,13,16H2,1-6H3/t23-,24-,25-,26-,27+/m0/s1. The predicted molar refractivity (Wildman–Crippen MR) is 126 cm³/mol. The van der Waals surface area contributed by atoms with E-state index in [1.165, 1.54) is 23.6 Å². The van der Waals surface area contributed by atoms with E-state index < -0.39 is 5.79 Å². The summed E-state index contributed by atoms with van der Waals surface area (Å²) in [5.41, 5.74) is 5.68. The van der Waals surface area contributed by atoms with E-state index in [0.717, 1.165) is 30.4 Å². The molecule has 0 saturated heterocycles. The molecule has 3 rings (SSSR count). The molecule has 0 amide bonds. The van der Waals surface area contributed by atoms with Gasteiger partial charge in [-0.1, -0.05) is 34.9 Å². The number of allylic oxidation sites excluding steroid dienone is 3. The third-order valence-electron chi connectivity index (χ3n) is 6.34. The molecular formula is C27H38O5. The molecule has 2 heterocycles. The van der Waals surface area contributed by atoms with E-state index in [1.54, 1.807) is 0 Å². The zero-order chi connectivity index (χ0) is 23.5. The van der Waals surface area contributed by atoms with Gasteiger partial charge in [0.05, 0.1) is 18.8 Å². The van der Waals surface area contributed by atoms with Crippen LogP contribution in [0.4, 0.5) is 0 Å². The Morgan fingerprint density at radius 3 is 2.62 bits per heavy atom. The van der Waals surface area contributed by atoms with Gasteiger partial charge in [0, 0.05) is 12.8 Å². The van der Waals surface area contributed by atoms with Crippen LogP contribution < -0.4 is 0 Å². The number of carbonyl (C=O) groups is 1. The van der Waals surface area contributed by atoms with Crippen LogP contribution in [0.2, 0.25) is 0 Å². The van der Waals surface area contributed by atoms with Crippen molar-refractivity contribution in [3.8, 4) is 0 Å². The summed E-state index contributed by atoms with van der Waals surface area (Å²) in [6.07, 6.45) is 13.3. The number of ether oxygens (including phenoxy) is 3. The van der Waals surface area contributed by atoms with Crippen molar-refractivity contribution in [2.75, 3.05) is 6.61 Å². The summed E-state index contributed by atoms with van der Waals surface area (Å²) in [6, 6.07) is 0. The topological polar surface area (TPSA) is 65.0 Å². The molecule has 2 aliphatic heterocycles. The van der Waals surface area contributed by atoms with E-state index in [2.05, 4.69) is 39.8 Å². The highest BCUT2D eigenvalue weighted by molar-refractivity contribution is 5.66. The molecule has 0 bridgehead atoms. The zero-order valence-corrected chi connectivity index (χ0v) is 20.3. The monoisotopic (exact) mass is 442 g/mol. The molecule has 0 aromatic heterocycles. The lowest BCUT2D eigenvalue weighted by Crippen LogP contribution is -2.49. The smallest absolute Gasteiger partial charge is 0.303 e. The normalized spacial score (nSPS) is 32.5. The van der Waals surface area contributed by atoms with Crippen LogP contribution in [-0.4, -0.2) is 41.8 Å². The van der Waals surface area contributed by atoms with E-state index in [1.807, 2.05) is 25.2 Å². The lowest BCUT2D eigenvalue weighted by atomic mass is 9.78. The Labute approximate surface area is 192 Å². The SMILES string of the molecule is CC(=O)O[C@H]1C[C@H]2C(CO)=C[C@@]3(C=C(C)C[C@H](C=C(C)CCC=C(C)C)O3)O[C@H]2C=C1C. The second kappa shape index (κ2) is 10.3. The van der Waals surface area contributed by atoms with Gasteiger partial charge in [0.25, 0.3) is 0 Å². The minimum atomic E-state index is -0.992. The van der Waals surface area contributed by atoms with E-state index in [9.17, 15) is 9.90 Å². The van der Waals surface area contributed by atoms with Crippen LogP contribution in [-0.2, 0) is 19.0 Å². The van der Waals surface area contributed by atoms with E-state index in [0.29, 0.717) is 6.42 Å². The molecular weight excluding hydrogens is 404 g/mol. The number of aliphatic hydroxyl groups excluding tert-OH is 1. The van der Waals surface area contributed by atoms with Crippen LogP contribution in [0.25, 0.3) is 0 Å². The first-order chi connectivity index (χ1) is 15.1. The first-order valence-corrected chi connectivity index (χ1v) is 11.6. The quantitative estimate of drug-likeness (QED) is 0.445. The van der Waals surface area contributed by atoms with Crippen molar-refractivity contribution in [3.05, 3.63) is 58.2 Å². The van der Waals surface area contributed by atoms with Gasteiger partial charge in [0.1, 0.15) is 6.10 Å². The Bertz CT molecular complexity index is 870. The summed E-state index contributed by atoms with van der Waals surface area (Å²) in [5, 5.41) is 10.2. The van der Waals surface area contributed by atoms with Gasteiger partial charge in [0.2, 0.25) is 5.79 Å². The summed E-state index contributed by atoms with van der Waals surface area (Å²) < 4.78 is 18.5. The maximum absolute atomic E-state index is 11.5.